The lowest BCUT2D eigenvalue weighted by molar-refractivity contribution is -0.133. The van der Waals surface area contributed by atoms with Crippen LogP contribution in [0.1, 0.15) is 35.8 Å². The molecule has 3 aromatic rings. The topological polar surface area (TPSA) is 54.3 Å². The molecule has 2 aliphatic rings. The molecule has 2 heterocycles. The number of carbonyl (C=O) groups excluding carboxylic acids is 2. The van der Waals surface area contributed by atoms with Crippen molar-refractivity contribution in [2.24, 2.45) is 0 Å². The lowest BCUT2D eigenvalue weighted by Crippen LogP contribution is -2.64. The normalized spacial score (nSPS) is 21.6. The summed E-state index contributed by atoms with van der Waals surface area (Å²) in [6, 6.07) is 20.0. The predicted molar refractivity (Wildman–Crippen MR) is 108 cm³/mol. The van der Waals surface area contributed by atoms with Crippen molar-refractivity contribution in [2.45, 2.75) is 44.4 Å². The van der Waals surface area contributed by atoms with Gasteiger partial charge in [-0.25, -0.2) is 0 Å². The first-order valence-corrected chi connectivity index (χ1v) is 9.82. The molecule has 1 N–H and O–H groups in total. The molecule has 1 aliphatic heterocycles. The average Bonchev–Trinajstić information content (AvgIpc) is 3.47. The first-order chi connectivity index (χ1) is 13.6. The average molecular weight is 373 g/mol. The van der Waals surface area contributed by atoms with Crippen LogP contribution < -0.4 is 5.32 Å². The van der Waals surface area contributed by atoms with Crippen LogP contribution in [-0.2, 0) is 17.9 Å². The van der Waals surface area contributed by atoms with E-state index >= 15 is 0 Å². The summed E-state index contributed by atoms with van der Waals surface area (Å²) in [6.07, 6.45) is 1.93. The summed E-state index contributed by atoms with van der Waals surface area (Å²) < 4.78 is 2.01. The van der Waals surface area contributed by atoms with Crippen LogP contribution in [0, 0.1) is 0 Å². The number of fused-ring (bicyclic) bond motifs is 3. The Morgan fingerprint density at radius 1 is 1.11 bits per heavy atom. The first-order valence-electron chi connectivity index (χ1n) is 9.82. The van der Waals surface area contributed by atoms with Gasteiger partial charge in [0, 0.05) is 23.5 Å². The number of aromatic nitrogens is 1. The Bertz CT molecular complexity index is 1070. The first kappa shape index (κ1) is 17.0. The van der Waals surface area contributed by atoms with Gasteiger partial charge in [0.2, 0.25) is 5.91 Å². The SMILES string of the molecule is C[C@]1(C(=O)NCc2ccccc2)Cn2c(cc3ccccc32)C(=O)N1C1CC1. The van der Waals surface area contributed by atoms with Gasteiger partial charge in [0.15, 0.2) is 0 Å². The van der Waals surface area contributed by atoms with Gasteiger partial charge in [-0.2, -0.15) is 0 Å². The van der Waals surface area contributed by atoms with E-state index in [2.05, 4.69) is 5.32 Å². The van der Waals surface area contributed by atoms with Crippen LogP contribution in [0.4, 0.5) is 0 Å². The maximum Gasteiger partial charge on any atom is 0.271 e. The molecule has 2 amide bonds. The number of rotatable bonds is 4. The second-order valence-electron chi connectivity index (χ2n) is 8.02. The highest BCUT2D eigenvalue weighted by atomic mass is 16.2. The lowest BCUT2D eigenvalue weighted by Gasteiger charge is -2.44. The minimum atomic E-state index is -0.901. The third kappa shape index (κ3) is 2.61. The van der Waals surface area contributed by atoms with Crippen LogP contribution in [0.5, 0.6) is 0 Å². The molecule has 5 nitrogen and oxygen atoms in total. The molecule has 5 rings (SSSR count). The van der Waals surface area contributed by atoms with E-state index in [1.54, 1.807) is 0 Å². The molecular formula is C23H23N3O2. The summed E-state index contributed by atoms with van der Waals surface area (Å²) in [7, 11) is 0. The van der Waals surface area contributed by atoms with Crippen molar-refractivity contribution in [2.75, 3.05) is 0 Å². The van der Waals surface area contributed by atoms with Crippen molar-refractivity contribution in [3.8, 4) is 0 Å². The molecule has 0 saturated heterocycles. The molecule has 0 radical (unpaired) electrons. The molecule has 1 saturated carbocycles. The molecule has 0 bridgehead atoms. The van der Waals surface area contributed by atoms with E-state index in [1.807, 2.05) is 77.1 Å². The molecule has 2 aromatic carbocycles. The van der Waals surface area contributed by atoms with E-state index < -0.39 is 5.54 Å². The smallest absolute Gasteiger partial charge is 0.271 e. The van der Waals surface area contributed by atoms with E-state index in [0.29, 0.717) is 18.8 Å². The van der Waals surface area contributed by atoms with Crippen molar-refractivity contribution >= 4 is 22.7 Å². The third-order valence-corrected chi connectivity index (χ3v) is 5.94. The Morgan fingerprint density at radius 3 is 2.57 bits per heavy atom. The highest BCUT2D eigenvalue weighted by Crippen LogP contribution is 2.40. The third-order valence-electron chi connectivity index (χ3n) is 5.94. The monoisotopic (exact) mass is 373 g/mol. The van der Waals surface area contributed by atoms with Gasteiger partial charge in [-0.3, -0.25) is 9.59 Å². The van der Waals surface area contributed by atoms with Crippen LogP contribution >= 0.6 is 0 Å². The van der Waals surface area contributed by atoms with Gasteiger partial charge >= 0.3 is 0 Å². The fourth-order valence-corrected chi connectivity index (χ4v) is 4.34. The fourth-order valence-electron chi connectivity index (χ4n) is 4.34. The Balaban J connectivity index is 1.51. The zero-order valence-corrected chi connectivity index (χ0v) is 15.9. The maximum atomic E-state index is 13.4. The molecule has 1 fully saturated rings. The zero-order valence-electron chi connectivity index (χ0n) is 15.9. The quantitative estimate of drug-likeness (QED) is 0.763. The number of hydrogen-bond acceptors (Lipinski definition) is 2. The van der Waals surface area contributed by atoms with E-state index in [1.165, 1.54) is 0 Å². The van der Waals surface area contributed by atoms with Gasteiger partial charge in [0.05, 0.1) is 6.54 Å². The van der Waals surface area contributed by atoms with Gasteiger partial charge in [0.1, 0.15) is 11.2 Å². The number of nitrogens with one attached hydrogen (secondary N) is 1. The van der Waals surface area contributed by atoms with Crippen LogP contribution in [0.3, 0.4) is 0 Å². The predicted octanol–water partition coefficient (Wildman–Crippen LogP) is 3.33. The highest BCUT2D eigenvalue weighted by Gasteiger charge is 2.52. The molecule has 1 aliphatic carbocycles. The second-order valence-corrected chi connectivity index (χ2v) is 8.02. The van der Waals surface area contributed by atoms with Gasteiger partial charge in [-0.1, -0.05) is 48.5 Å². The van der Waals surface area contributed by atoms with E-state index in [9.17, 15) is 9.59 Å². The van der Waals surface area contributed by atoms with Crippen LogP contribution in [-0.4, -0.2) is 32.9 Å². The standard InChI is InChI=1S/C23H23N3O2/c1-23(22(28)24-14-16-7-3-2-4-8-16)15-25-19-10-6-5-9-17(19)13-20(25)21(27)26(23)18-11-12-18/h2-10,13,18H,11-12,14-15H2,1H3,(H,24,28)/t23-/m1/s1. The number of amides is 2. The summed E-state index contributed by atoms with van der Waals surface area (Å²) >= 11 is 0. The van der Waals surface area contributed by atoms with Crippen molar-refractivity contribution in [3.63, 3.8) is 0 Å². The van der Waals surface area contributed by atoms with E-state index in [-0.39, 0.29) is 17.9 Å². The molecule has 142 valence electrons. The highest BCUT2D eigenvalue weighted by molar-refractivity contribution is 6.04. The number of nitrogens with zero attached hydrogens (tertiary/aromatic N) is 2. The Morgan fingerprint density at radius 2 is 1.82 bits per heavy atom. The van der Waals surface area contributed by atoms with Crippen molar-refractivity contribution < 1.29 is 9.59 Å². The molecule has 1 aromatic heterocycles. The number of carbonyl (C=O) groups is 2. The summed E-state index contributed by atoms with van der Waals surface area (Å²) in [5, 5.41) is 4.10. The van der Waals surface area contributed by atoms with Crippen LogP contribution in [0.25, 0.3) is 10.9 Å². The van der Waals surface area contributed by atoms with Gasteiger partial charge in [-0.15, -0.1) is 0 Å². The molecule has 5 heteroatoms. The van der Waals surface area contributed by atoms with Crippen molar-refractivity contribution in [1.29, 1.82) is 0 Å². The summed E-state index contributed by atoms with van der Waals surface area (Å²) in [5.74, 6) is -0.137. The van der Waals surface area contributed by atoms with E-state index in [4.69, 9.17) is 0 Å². The van der Waals surface area contributed by atoms with Crippen LogP contribution in [0.2, 0.25) is 0 Å². The number of hydrogen-bond donors (Lipinski definition) is 1. The lowest BCUT2D eigenvalue weighted by atomic mass is 9.94. The minimum Gasteiger partial charge on any atom is -0.350 e. The zero-order chi connectivity index (χ0) is 19.3. The van der Waals surface area contributed by atoms with Gasteiger partial charge in [0.25, 0.3) is 5.91 Å². The Kier molecular flexibility index (Phi) is 3.79. The summed E-state index contributed by atoms with van der Waals surface area (Å²) in [6.45, 7) is 2.83. The molecule has 0 spiro atoms. The van der Waals surface area contributed by atoms with Crippen molar-refractivity contribution in [3.05, 3.63) is 71.9 Å². The largest absolute Gasteiger partial charge is 0.350 e. The molecule has 1 atom stereocenters. The second kappa shape index (κ2) is 6.23. The fraction of sp³-hybridized carbons (Fsp3) is 0.304. The number of para-hydroxylation sites is 1. The maximum absolute atomic E-state index is 13.4. The minimum absolute atomic E-state index is 0.0395. The molecule has 28 heavy (non-hydrogen) atoms. The van der Waals surface area contributed by atoms with Crippen molar-refractivity contribution in [1.82, 2.24) is 14.8 Å². The van der Waals surface area contributed by atoms with E-state index in [0.717, 1.165) is 29.3 Å². The summed E-state index contributed by atoms with van der Waals surface area (Å²) in [5.41, 5.74) is 1.83. The van der Waals surface area contributed by atoms with Crippen LogP contribution in [0.15, 0.2) is 60.7 Å². The molecular weight excluding hydrogens is 350 g/mol. The molecule has 0 unspecified atom stereocenters. The Labute approximate surface area is 163 Å². The van der Waals surface area contributed by atoms with Gasteiger partial charge < -0.3 is 14.8 Å². The number of benzene rings is 2. The Hall–Kier alpha value is -3.08. The van der Waals surface area contributed by atoms with Gasteiger partial charge in [-0.05, 0) is 37.5 Å². The summed E-state index contributed by atoms with van der Waals surface area (Å²) in [4.78, 5) is 28.6.